The number of anilines is 2. The summed E-state index contributed by atoms with van der Waals surface area (Å²) in [6.07, 6.45) is -5.08. The highest BCUT2D eigenvalue weighted by atomic mass is 32.2. The van der Waals surface area contributed by atoms with Crippen molar-refractivity contribution in [1.29, 1.82) is 0 Å². The molecule has 0 aliphatic carbocycles. The maximum absolute atomic E-state index is 13.0. The molecule has 37 heavy (non-hydrogen) atoms. The topological polar surface area (TPSA) is 128 Å². The third-order valence-electron chi connectivity index (χ3n) is 5.17. The van der Waals surface area contributed by atoms with Gasteiger partial charge in [0.1, 0.15) is 0 Å². The van der Waals surface area contributed by atoms with Crippen LogP contribution in [-0.4, -0.2) is 64.3 Å². The van der Waals surface area contributed by atoms with Gasteiger partial charge in [0.2, 0.25) is 0 Å². The molecule has 13 heteroatoms. The van der Waals surface area contributed by atoms with Gasteiger partial charge in [-0.15, -0.1) is 0 Å². The van der Waals surface area contributed by atoms with Gasteiger partial charge in [-0.1, -0.05) is 26.0 Å². The highest BCUT2D eigenvalue weighted by Gasteiger charge is 2.38. The number of carboxylic acids is 1. The predicted molar refractivity (Wildman–Crippen MR) is 134 cm³/mol. The predicted octanol–water partition coefficient (Wildman–Crippen LogP) is 3.22. The minimum atomic E-state index is -5.08. The largest absolute Gasteiger partial charge is 0.490 e. The molecule has 4 N–H and O–H groups in total. The molecule has 1 aliphatic rings. The lowest BCUT2D eigenvalue weighted by molar-refractivity contribution is -0.192. The number of carboxylic acid groups (broad SMARTS) is 1. The number of benzene rings is 2. The van der Waals surface area contributed by atoms with Crippen LogP contribution in [0.15, 0.2) is 47.4 Å². The maximum atomic E-state index is 13.0. The molecule has 0 radical (unpaired) electrons. The molecule has 1 amide bonds. The fourth-order valence-electron chi connectivity index (χ4n) is 3.33. The maximum Gasteiger partial charge on any atom is 0.490 e. The Balaban J connectivity index is 0.000000604. The number of nitrogens with one attached hydrogen (secondary N) is 3. The molecule has 1 heterocycles. The fourth-order valence-corrected chi connectivity index (χ4v) is 4.50. The third kappa shape index (κ3) is 9.25. The molecule has 1 aliphatic heterocycles. The monoisotopic (exact) mass is 544 g/mol. The SMILES string of the molecule is Cc1cccc(S(=O)(=O)Nc2cc(C(=O)NCC(C)C)ccc2N2CCNCC2)c1.O=C(O)C(F)(F)F. The van der Waals surface area contributed by atoms with Crippen LogP contribution in [0.4, 0.5) is 24.5 Å². The molecule has 0 saturated carbocycles. The van der Waals surface area contributed by atoms with Crippen molar-refractivity contribution in [2.45, 2.75) is 31.8 Å². The second-order valence-corrected chi connectivity index (χ2v) is 10.5. The van der Waals surface area contributed by atoms with Gasteiger partial charge < -0.3 is 20.6 Å². The van der Waals surface area contributed by atoms with Crippen LogP contribution >= 0.6 is 0 Å². The van der Waals surface area contributed by atoms with Gasteiger partial charge in [0.15, 0.2) is 0 Å². The van der Waals surface area contributed by atoms with Crippen LogP contribution in [0, 0.1) is 12.8 Å². The number of piperazine rings is 1. The average molecular weight is 545 g/mol. The van der Waals surface area contributed by atoms with Gasteiger partial charge in [-0.05, 0) is 48.7 Å². The Morgan fingerprint density at radius 3 is 2.27 bits per heavy atom. The van der Waals surface area contributed by atoms with E-state index in [1.807, 2.05) is 32.9 Å². The molecule has 1 saturated heterocycles. The van der Waals surface area contributed by atoms with Gasteiger partial charge in [-0.25, -0.2) is 13.2 Å². The summed E-state index contributed by atoms with van der Waals surface area (Å²) in [5.41, 5.74) is 2.47. The van der Waals surface area contributed by atoms with Crippen LogP contribution in [0.5, 0.6) is 0 Å². The quantitative estimate of drug-likeness (QED) is 0.422. The smallest absolute Gasteiger partial charge is 0.475 e. The number of sulfonamides is 1. The Labute approximate surface area is 214 Å². The van der Waals surface area contributed by atoms with Gasteiger partial charge in [0, 0.05) is 38.3 Å². The molecule has 3 rings (SSSR count). The van der Waals surface area contributed by atoms with Crippen molar-refractivity contribution >= 4 is 33.3 Å². The first-order valence-corrected chi connectivity index (χ1v) is 13.0. The number of nitrogens with zero attached hydrogens (tertiary/aromatic N) is 1. The molecule has 1 fully saturated rings. The van der Waals surface area contributed by atoms with E-state index in [4.69, 9.17) is 9.90 Å². The van der Waals surface area contributed by atoms with Crippen LogP contribution in [0.2, 0.25) is 0 Å². The third-order valence-corrected chi connectivity index (χ3v) is 6.54. The first-order valence-electron chi connectivity index (χ1n) is 11.5. The van der Waals surface area contributed by atoms with E-state index in [0.29, 0.717) is 23.7 Å². The number of carbonyl (C=O) groups is 2. The highest BCUT2D eigenvalue weighted by molar-refractivity contribution is 7.92. The highest BCUT2D eigenvalue weighted by Crippen LogP contribution is 2.30. The van der Waals surface area contributed by atoms with Crippen molar-refractivity contribution < 1.29 is 36.3 Å². The van der Waals surface area contributed by atoms with E-state index >= 15 is 0 Å². The van der Waals surface area contributed by atoms with E-state index in [1.165, 1.54) is 0 Å². The molecule has 204 valence electrons. The number of hydrogen-bond acceptors (Lipinski definition) is 6. The zero-order valence-electron chi connectivity index (χ0n) is 20.7. The summed E-state index contributed by atoms with van der Waals surface area (Å²) < 4.78 is 60.5. The molecule has 0 atom stereocenters. The number of hydrogen-bond donors (Lipinski definition) is 4. The molecule has 0 bridgehead atoms. The normalized spacial score (nSPS) is 14.0. The van der Waals surface area contributed by atoms with Crippen LogP contribution < -0.4 is 20.3 Å². The van der Waals surface area contributed by atoms with Gasteiger partial charge in [0.05, 0.1) is 16.3 Å². The average Bonchev–Trinajstić information content (AvgIpc) is 2.82. The van der Waals surface area contributed by atoms with E-state index in [0.717, 1.165) is 37.4 Å². The summed E-state index contributed by atoms with van der Waals surface area (Å²) in [6, 6.07) is 12.0. The van der Waals surface area contributed by atoms with Crippen molar-refractivity contribution in [3.63, 3.8) is 0 Å². The Morgan fingerprint density at radius 2 is 1.73 bits per heavy atom. The second kappa shape index (κ2) is 12.8. The fraction of sp³-hybridized carbons (Fsp3) is 0.417. The first-order chi connectivity index (χ1) is 17.2. The summed E-state index contributed by atoms with van der Waals surface area (Å²) in [6.45, 7) is 9.62. The van der Waals surface area contributed by atoms with Crippen molar-refractivity contribution in [2.75, 3.05) is 42.3 Å². The van der Waals surface area contributed by atoms with Gasteiger partial charge >= 0.3 is 12.1 Å². The number of rotatable bonds is 7. The van der Waals surface area contributed by atoms with Crippen LogP contribution in [-0.2, 0) is 14.8 Å². The number of carbonyl (C=O) groups excluding carboxylic acids is 1. The standard InChI is InChI=1S/C22H30N4O3S.C2HF3O2/c1-16(2)15-24-22(27)18-7-8-21(26-11-9-23-10-12-26)20(14-18)25-30(28,29)19-6-4-5-17(3)13-19;3-2(4,5)1(6)7/h4-8,13-14,16,23,25H,9-12,15H2,1-3H3,(H,24,27);(H,6,7). The summed E-state index contributed by atoms with van der Waals surface area (Å²) in [5.74, 6) is -2.65. The molecular weight excluding hydrogens is 513 g/mol. The molecule has 9 nitrogen and oxygen atoms in total. The van der Waals surface area contributed by atoms with Crippen molar-refractivity contribution in [3.05, 3.63) is 53.6 Å². The zero-order chi connectivity index (χ0) is 27.8. The number of amides is 1. The summed E-state index contributed by atoms with van der Waals surface area (Å²) in [4.78, 5) is 23.8. The zero-order valence-corrected chi connectivity index (χ0v) is 21.5. The van der Waals surface area contributed by atoms with Crippen LogP contribution in [0.3, 0.4) is 0 Å². The summed E-state index contributed by atoms with van der Waals surface area (Å²) in [7, 11) is -3.79. The molecule has 0 unspecified atom stereocenters. The van der Waals surface area contributed by atoms with E-state index in [1.54, 1.807) is 30.3 Å². The Hall–Kier alpha value is -3.32. The Bertz CT molecular complexity index is 1200. The molecule has 0 spiro atoms. The van der Waals surface area contributed by atoms with E-state index < -0.39 is 22.2 Å². The number of aryl methyl sites for hydroxylation is 1. The number of aliphatic carboxylic acids is 1. The number of alkyl halides is 3. The Morgan fingerprint density at radius 1 is 1.11 bits per heavy atom. The van der Waals surface area contributed by atoms with Gasteiger partial charge in [0.25, 0.3) is 15.9 Å². The lowest BCUT2D eigenvalue weighted by Crippen LogP contribution is -2.43. The van der Waals surface area contributed by atoms with Crippen LogP contribution in [0.25, 0.3) is 0 Å². The first kappa shape index (κ1) is 29.9. The van der Waals surface area contributed by atoms with Crippen molar-refractivity contribution in [2.24, 2.45) is 5.92 Å². The van der Waals surface area contributed by atoms with E-state index in [-0.39, 0.29) is 10.8 Å². The van der Waals surface area contributed by atoms with Gasteiger partial charge in [-0.2, -0.15) is 13.2 Å². The molecule has 0 aromatic heterocycles. The minimum absolute atomic E-state index is 0.198. The second-order valence-electron chi connectivity index (χ2n) is 8.80. The van der Waals surface area contributed by atoms with Crippen LogP contribution in [0.1, 0.15) is 29.8 Å². The molecule has 2 aromatic rings. The summed E-state index contributed by atoms with van der Waals surface area (Å²) >= 11 is 0. The van der Waals surface area contributed by atoms with Gasteiger partial charge in [-0.3, -0.25) is 9.52 Å². The lowest BCUT2D eigenvalue weighted by atomic mass is 10.1. The number of halogens is 3. The molecular formula is C24H31F3N4O5S. The van der Waals surface area contributed by atoms with E-state index in [2.05, 4.69) is 20.3 Å². The Kier molecular flexibility index (Phi) is 10.3. The van der Waals surface area contributed by atoms with Crippen molar-refractivity contribution in [3.8, 4) is 0 Å². The van der Waals surface area contributed by atoms with Crippen molar-refractivity contribution in [1.82, 2.24) is 10.6 Å². The minimum Gasteiger partial charge on any atom is -0.475 e. The summed E-state index contributed by atoms with van der Waals surface area (Å²) in [5, 5.41) is 13.3. The lowest BCUT2D eigenvalue weighted by Gasteiger charge is -2.31. The van der Waals surface area contributed by atoms with E-state index in [9.17, 15) is 26.4 Å². The molecule has 2 aromatic carbocycles.